The van der Waals surface area contributed by atoms with Crippen LogP contribution in [0.3, 0.4) is 0 Å². The van der Waals surface area contributed by atoms with E-state index in [-0.39, 0.29) is 5.91 Å². The van der Waals surface area contributed by atoms with Gasteiger partial charge < -0.3 is 14.8 Å². The average Bonchev–Trinajstić information content (AvgIpc) is 2.70. The summed E-state index contributed by atoms with van der Waals surface area (Å²) in [5.41, 5.74) is 2.81. The number of amides is 1. The van der Waals surface area contributed by atoms with Gasteiger partial charge in [-0.25, -0.2) is 4.98 Å². The highest BCUT2D eigenvalue weighted by Gasteiger charge is 2.09. The maximum atomic E-state index is 12.0. The number of hydrogen-bond acceptors (Lipinski definition) is 5. The highest BCUT2D eigenvalue weighted by atomic mass is 16.5. The molecule has 0 bridgehead atoms. The third kappa shape index (κ3) is 6.51. The van der Waals surface area contributed by atoms with Gasteiger partial charge in [-0.15, -0.1) is 0 Å². The SMILES string of the molecule is Cc1ccc(/C=C/C(=O)Nc2ccc(OCCN3CCOCC3)nc2)cc1. The van der Waals surface area contributed by atoms with Crippen molar-refractivity contribution in [2.75, 3.05) is 44.8 Å². The van der Waals surface area contributed by atoms with Crippen LogP contribution in [0.4, 0.5) is 5.69 Å². The fourth-order valence-corrected chi connectivity index (χ4v) is 2.68. The number of benzene rings is 1. The second kappa shape index (κ2) is 9.85. The number of aryl methyl sites for hydroxylation is 1. The van der Waals surface area contributed by atoms with Gasteiger partial charge in [0.05, 0.1) is 25.1 Å². The summed E-state index contributed by atoms with van der Waals surface area (Å²) in [6.07, 6.45) is 4.89. The molecule has 27 heavy (non-hydrogen) atoms. The molecular weight excluding hydrogens is 342 g/mol. The Morgan fingerprint density at radius 2 is 2.00 bits per heavy atom. The Labute approximate surface area is 159 Å². The van der Waals surface area contributed by atoms with Gasteiger partial charge in [-0.2, -0.15) is 0 Å². The standard InChI is InChI=1S/C21H25N3O3/c1-17-2-4-18(5-3-17)6-8-20(25)23-19-7-9-21(22-16-19)27-15-12-24-10-13-26-14-11-24/h2-9,16H,10-15H2,1H3,(H,23,25)/b8-6+. The van der Waals surface area contributed by atoms with E-state index in [4.69, 9.17) is 9.47 Å². The monoisotopic (exact) mass is 367 g/mol. The molecule has 0 spiro atoms. The number of nitrogens with one attached hydrogen (secondary N) is 1. The summed E-state index contributed by atoms with van der Waals surface area (Å²) in [7, 11) is 0. The van der Waals surface area contributed by atoms with Crippen LogP contribution in [-0.2, 0) is 9.53 Å². The van der Waals surface area contributed by atoms with Crippen LogP contribution < -0.4 is 10.1 Å². The number of aromatic nitrogens is 1. The van der Waals surface area contributed by atoms with Crippen molar-refractivity contribution in [2.45, 2.75) is 6.92 Å². The van der Waals surface area contributed by atoms with Gasteiger partial charge in [0, 0.05) is 31.8 Å². The fraction of sp³-hybridized carbons (Fsp3) is 0.333. The minimum Gasteiger partial charge on any atom is -0.476 e. The molecule has 2 aromatic rings. The smallest absolute Gasteiger partial charge is 0.248 e. The fourth-order valence-electron chi connectivity index (χ4n) is 2.68. The molecule has 0 aliphatic carbocycles. The Kier molecular flexibility index (Phi) is 6.96. The molecule has 1 aliphatic heterocycles. The molecule has 6 heteroatoms. The maximum Gasteiger partial charge on any atom is 0.248 e. The number of anilines is 1. The van der Waals surface area contributed by atoms with Crippen molar-refractivity contribution in [3.63, 3.8) is 0 Å². The predicted octanol–water partition coefficient (Wildman–Crippen LogP) is 2.75. The third-order valence-electron chi connectivity index (χ3n) is 4.27. The molecule has 142 valence electrons. The summed E-state index contributed by atoms with van der Waals surface area (Å²) >= 11 is 0. The lowest BCUT2D eigenvalue weighted by Gasteiger charge is -2.26. The molecule has 1 aromatic heterocycles. The number of carbonyl (C=O) groups is 1. The minimum atomic E-state index is -0.196. The second-order valence-electron chi connectivity index (χ2n) is 6.42. The Balaban J connectivity index is 1.42. The number of carbonyl (C=O) groups excluding carboxylic acids is 1. The highest BCUT2D eigenvalue weighted by Crippen LogP contribution is 2.12. The van der Waals surface area contributed by atoms with Crippen molar-refractivity contribution in [3.8, 4) is 5.88 Å². The van der Waals surface area contributed by atoms with E-state index < -0.39 is 0 Å². The van der Waals surface area contributed by atoms with Gasteiger partial charge in [-0.1, -0.05) is 29.8 Å². The first kappa shape index (κ1) is 19.1. The zero-order valence-corrected chi connectivity index (χ0v) is 15.6. The lowest BCUT2D eigenvalue weighted by Crippen LogP contribution is -2.38. The number of nitrogens with zero attached hydrogens (tertiary/aromatic N) is 2. The molecule has 1 fully saturated rings. The summed E-state index contributed by atoms with van der Waals surface area (Å²) < 4.78 is 11.0. The first-order valence-electron chi connectivity index (χ1n) is 9.14. The summed E-state index contributed by atoms with van der Waals surface area (Å²) in [6, 6.07) is 11.5. The number of hydrogen-bond donors (Lipinski definition) is 1. The summed E-state index contributed by atoms with van der Waals surface area (Å²) in [6.45, 7) is 6.92. The quantitative estimate of drug-likeness (QED) is 0.763. The van der Waals surface area contributed by atoms with Gasteiger partial charge in [0.2, 0.25) is 11.8 Å². The van der Waals surface area contributed by atoms with Crippen LogP contribution >= 0.6 is 0 Å². The van der Waals surface area contributed by atoms with Crippen molar-refractivity contribution < 1.29 is 14.3 Å². The van der Waals surface area contributed by atoms with Crippen LogP contribution in [0, 0.1) is 6.92 Å². The summed E-state index contributed by atoms with van der Waals surface area (Å²) in [5, 5.41) is 2.79. The molecule has 1 aliphatic rings. The average molecular weight is 367 g/mol. The molecular formula is C21H25N3O3. The number of rotatable bonds is 7. The largest absolute Gasteiger partial charge is 0.476 e. The third-order valence-corrected chi connectivity index (χ3v) is 4.27. The van der Waals surface area contributed by atoms with E-state index in [0.29, 0.717) is 18.2 Å². The molecule has 6 nitrogen and oxygen atoms in total. The second-order valence-corrected chi connectivity index (χ2v) is 6.42. The van der Waals surface area contributed by atoms with Crippen LogP contribution in [0.1, 0.15) is 11.1 Å². The van der Waals surface area contributed by atoms with Gasteiger partial charge in [-0.05, 0) is 24.6 Å². The van der Waals surface area contributed by atoms with Gasteiger partial charge in [-0.3, -0.25) is 9.69 Å². The van der Waals surface area contributed by atoms with E-state index in [1.807, 2.05) is 31.2 Å². The molecule has 1 saturated heterocycles. The Morgan fingerprint density at radius 1 is 1.22 bits per heavy atom. The molecule has 1 aromatic carbocycles. The van der Waals surface area contributed by atoms with Crippen molar-refractivity contribution in [2.24, 2.45) is 0 Å². The van der Waals surface area contributed by atoms with Crippen molar-refractivity contribution in [3.05, 3.63) is 59.8 Å². The van der Waals surface area contributed by atoms with Crippen LogP contribution in [0.25, 0.3) is 6.08 Å². The molecule has 0 atom stereocenters. The van der Waals surface area contributed by atoms with Crippen molar-refractivity contribution in [1.29, 1.82) is 0 Å². The van der Waals surface area contributed by atoms with Crippen LogP contribution in [0.15, 0.2) is 48.7 Å². The van der Waals surface area contributed by atoms with Gasteiger partial charge in [0.25, 0.3) is 0 Å². The van der Waals surface area contributed by atoms with Gasteiger partial charge in [0.1, 0.15) is 6.61 Å². The Bertz CT molecular complexity index is 751. The van der Waals surface area contributed by atoms with Crippen molar-refractivity contribution >= 4 is 17.7 Å². The van der Waals surface area contributed by atoms with Gasteiger partial charge in [0.15, 0.2) is 0 Å². The molecule has 1 N–H and O–H groups in total. The Hall–Kier alpha value is -2.70. The van der Waals surface area contributed by atoms with E-state index in [2.05, 4.69) is 15.2 Å². The van der Waals surface area contributed by atoms with Crippen LogP contribution in [-0.4, -0.2) is 55.2 Å². The number of morpholine rings is 1. The first-order valence-corrected chi connectivity index (χ1v) is 9.14. The summed E-state index contributed by atoms with van der Waals surface area (Å²) in [5.74, 6) is 0.356. The normalized spacial score (nSPS) is 15.0. The molecule has 0 radical (unpaired) electrons. The number of ether oxygens (including phenoxy) is 2. The van der Waals surface area contributed by atoms with Gasteiger partial charge >= 0.3 is 0 Å². The number of pyridine rings is 1. The maximum absolute atomic E-state index is 12.0. The van der Waals surface area contributed by atoms with E-state index in [1.54, 1.807) is 24.4 Å². The van der Waals surface area contributed by atoms with Crippen LogP contribution in [0.5, 0.6) is 5.88 Å². The minimum absolute atomic E-state index is 0.196. The molecule has 0 unspecified atom stereocenters. The van der Waals surface area contributed by atoms with E-state index in [0.717, 1.165) is 38.4 Å². The van der Waals surface area contributed by atoms with Crippen molar-refractivity contribution in [1.82, 2.24) is 9.88 Å². The molecule has 1 amide bonds. The van der Waals surface area contributed by atoms with E-state index >= 15 is 0 Å². The van der Waals surface area contributed by atoms with E-state index in [9.17, 15) is 4.79 Å². The van der Waals surface area contributed by atoms with Crippen LogP contribution in [0.2, 0.25) is 0 Å². The Morgan fingerprint density at radius 3 is 2.70 bits per heavy atom. The lowest BCUT2D eigenvalue weighted by atomic mass is 10.1. The molecule has 3 rings (SSSR count). The van der Waals surface area contributed by atoms with E-state index in [1.165, 1.54) is 11.6 Å². The highest BCUT2D eigenvalue weighted by molar-refractivity contribution is 6.01. The molecule has 0 saturated carbocycles. The first-order chi connectivity index (χ1) is 13.2. The predicted molar refractivity (Wildman–Crippen MR) is 106 cm³/mol. The molecule has 2 heterocycles. The topological polar surface area (TPSA) is 63.7 Å². The lowest BCUT2D eigenvalue weighted by molar-refractivity contribution is -0.111. The zero-order chi connectivity index (χ0) is 18.9. The zero-order valence-electron chi connectivity index (χ0n) is 15.6. The summed E-state index contributed by atoms with van der Waals surface area (Å²) in [4.78, 5) is 18.6.